The summed E-state index contributed by atoms with van der Waals surface area (Å²) >= 11 is 0. The number of carbonyl (C=O) groups is 1. The highest BCUT2D eigenvalue weighted by Gasteiger charge is 2.06. The number of amides is 1. The zero-order valence-electron chi connectivity index (χ0n) is 12.5. The fraction of sp³-hybridized carbons (Fsp3) is 0.235. The van der Waals surface area contributed by atoms with E-state index in [9.17, 15) is 9.18 Å². The molecule has 0 unspecified atom stereocenters. The summed E-state index contributed by atoms with van der Waals surface area (Å²) in [4.78, 5) is 11.0. The summed E-state index contributed by atoms with van der Waals surface area (Å²) in [6.07, 6.45) is 0. The van der Waals surface area contributed by atoms with Crippen molar-refractivity contribution in [3.05, 3.63) is 58.9 Å². The molecule has 0 aliphatic heterocycles. The lowest BCUT2D eigenvalue weighted by atomic mass is 10.1. The number of aryl methyl sites for hydroxylation is 2. The fourth-order valence-corrected chi connectivity index (χ4v) is 2.12. The third-order valence-corrected chi connectivity index (χ3v) is 3.26. The summed E-state index contributed by atoms with van der Waals surface area (Å²) in [6, 6.07) is 10.7. The van der Waals surface area contributed by atoms with Gasteiger partial charge in [0, 0.05) is 19.2 Å². The van der Waals surface area contributed by atoms with Gasteiger partial charge in [-0.3, -0.25) is 4.79 Å². The molecular weight excluding hydrogens is 267 g/mol. The highest BCUT2D eigenvalue weighted by molar-refractivity contribution is 5.89. The largest absolute Gasteiger partial charge is 0.379 e. The zero-order valence-corrected chi connectivity index (χ0v) is 12.5. The molecule has 2 N–H and O–H groups in total. The summed E-state index contributed by atoms with van der Waals surface area (Å²) in [5.74, 6) is -0.517. The third kappa shape index (κ3) is 4.05. The molecule has 0 fully saturated rings. The molecule has 0 heterocycles. The third-order valence-electron chi connectivity index (χ3n) is 3.26. The van der Waals surface area contributed by atoms with Crippen molar-refractivity contribution in [1.82, 2.24) is 0 Å². The van der Waals surface area contributed by atoms with E-state index in [1.165, 1.54) is 18.6 Å². The minimum atomic E-state index is -0.339. The molecule has 0 saturated carbocycles. The maximum atomic E-state index is 13.8. The molecule has 2 rings (SSSR count). The highest BCUT2D eigenvalue weighted by atomic mass is 19.1. The first-order chi connectivity index (χ1) is 9.95. The van der Waals surface area contributed by atoms with Crippen LogP contribution in [0.25, 0.3) is 0 Å². The van der Waals surface area contributed by atoms with Crippen LogP contribution in [0.5, 0.6) is 0 Å². The second-order valence-corrected chi connectivity index (χ2v) is 5.16. The van der Waals surface area contributed by atoms with Crippen molar-refractivity contribution in [1.29, 1.82) is 0 Å². The molecule has 0 saturated heterocycles. The van der Waals surface area contributed by atoms with Gasteiger partial charge in [0.05, 0.1) is 5.69 Å². The van der Waals surface area contributed by atoms with E-state index in [4.69, 9.17) is 0 Å². The van der Waals surface area contributed by atoms with Crippen LogP contribution in [0.3, 0.4) is 0 Å². The number of nitrogens with one attached hydrogen (secondary N) is 2. The van der Waals surface area contributed by atoms with E-state index < -0.39 is 0 Å². The van der Waals surface area contributed by atoms with Crippen LogP contribution in [0.4, 0.5) is 15.8 Å². The number of halogens is 1. The monoisotopic (exact) mass is 286 g/mol. The number of hydrogen-bond acceptors (Lipinski definition) is 2. The van der Waals surface area contributed by atoms with Gasteiger partial charge in [0.15, 0.2) is 0 Å². The number of benzene rings is 2. The molecular formula is C17H19FN2O. The second-order valence-electron chi connectivity index (χ2n) is 5.16. The molecule has 110 valence electrons. The lowest BCUT2D eigenvalue weighted by Crippen LogP contribution is -2.08. The van der Waals surface area contributed by atoms with E-state index in [1.807, 2.05) is 13.8 Å². The van der Waals surface area contributed by atoms with Gasteiger partial charge < -0.3 is 10.6 Å². The zero-order chi connectivity index (χ0) is 15.4. The molecule has 0 aromatic heterocycles. The predicted octanol–water partition coefficient (Wildman–Crippen LogP) is 4.01. The van der Waals surface area contributed by atoms with Crippen LogP contribution < -0.4 is 10.6 Å². The van der Waals surface area contributed by atoms with Crippen LogP contribution >= 0.6 is 0 Å². The minimum Gasteiger partial charge on any atom is -0.379 e. The number of anilines is 2. The van der Waals surface area contributed by atoms with E-state index in [0.717, 1.165) is 11.1 Å². The normalized spacial score (nSPS) is 10.3. The van der Waals surface area contributed by atoms with Crippen LogP contribution in [0.15, 0.2) is 36.4 Å². The molecule has 0 bridgehead atoms. The number of hydrogen-bond donors (Lipinski definition) is 2. The van der Waals surface area contributed by atoms with Crippen molar-refractivity contribution in [2.24, 2.45) is 0 Å². The van der Waals surface area contributed by atoms with Gasteiger partial charge in [-0.15, -0.1) is 0 Å². The molecule has 0 aliphatic carbocycles. The Balaban J connectivity index is 2.15. The van der Waals surface area contributed by atoms with Gasteiger partial charge in [0.25, 0.3) is 0 Å². The molecule has 3 nitrogen and oxygen atoms in total. The summed E-state index contributed by atoms with van der Waals surface area (Å²) < 4.78 is 13.8. The summed E-state index contributed by atoms with van der Waals surface area (Å²) in [6.45, 7) is 6.02. The van der Waals surface area contributed by atoms with Gasteiger partial charge in [-0.25, -0.2) is 4.39 Å². The van der Waals surface area contributed by atoms with E-state index in [2.05, 4.69) is 28.8 Å². The second kappa shape index (κ2) is 6.39. The first-order valence-electron chi connectivity index (χ1n) is 6.83. The Bertz CT molecular complexity index is 668. The van der Waals surface area contributed by atoms with Crippen LogP contribution in [0, 0.1) is 19.7 Å². The van der Waals surface area contributed by atoms with Crippen molar-refractivity contribution in [2.75, 3.05) is 10.6 Å². The van der Waals surface area contributed by atoms with Crippen molar-refractivity contribution in [2.45, 2.75) is 27.3 Å². The molecule has 0 atom stereocenters. The predicted molar refractivity (Wildman–Crippen MR) is 83.9 cm³/mol. The van der Waals surface area contributed by atoms with Gasteiger partial charge in [0.2, 0.25) is 5.91 Å². The quantitative estimate of drug-likeness (QED) is 0.891. The molecule has 0 aliphatic rings. The Labute approximate surface area is 124 Å². The summed E-state index contributed by atoms with van der Waals surface area (Å²) in [5, 5.41) is 5.73. The van der Waals surface area contributed by atoms with Gasteiger partial charge in [0.1, 0.15) is 5.82 Å². The number of rotatable bonds is 4. The molecule has 0 spiro atoms. The Morgan fingerprint density at radius 1 is 1.14 bits per heavy atom. The minimum absolute atomic E-state index is 0.179. The van der Waals surface area contributed by atoms with E-state index in [0.29, 0.717) is 17.9 Å². The van der Waals surface area contributed by atoms with Crippen LogP contribution in [-0.2, 0) is 11.3 Å². The summed E-state index contributed by atoms with van der Waals surface area (Å²) in [7, 11) is 0. The Kier molecular flexibility index (Phi) is 4.58. The van der Waals surface area contributed by atoms with Crippen LogP contribution in [-0.4, -0.2) is 5.91 Å². The van der Waals surface area contributed by atoms with E-state index in [1.54, 1.807) is 12.1 Å². The topological polar surface area (TPSA) is 41.1 Å². The van der Waals surface area contributed by atoms with E-state index >= 15 is 0 Å². The van der Waals surface area contributed by atoms with Gasteiger partial charge in [-0.1, -0.05) is 23.8 Å². The van der Waals surface area contributed by atoms with Crippen molar-refractivity contribution >= 4 is 17.3 Å². The van der Waals surface area contributed by atoms with Gasteiger partial charge >= 0.3 is 0 Å². The maximum Gasteiger partial charge on any atom is 0.221 e. The average Bonchev–Trinajstić information content (AvgIpc) is 2.42. The first kappa shape index (κ1) is 15.0. The fourth-order valence-electron chi connectivity index (χ4n) is 2.12. The highest BCUT2D eigenvalue weighted by Crippen LogP contribution is 2.21. The van der Waals surface area contributed by atoms with E-state index in [-0.39, 0.29) is 11.7 Å². The molecule has 2 aromatic carbocycles. The standard InChI is InChI=1S/C17H19FN2O/c1-11-4-5-12(2)14(8-11)10-19-17-9-15(20-13(3)21)6-7-16(17)18/h4-9,19H,10H2,1-3H3,(H,20,21). The lowest BCUT2D eigenvalue weighted by Gasteiger charge is -2.12. The maximum absolute atomic E-state index is 13.8. The smallest absolute Gasteiger partial charge is 0.221 e. The SMILES string of the molecule is CC(=O)Nc1ccc(F)c(NCc2cc(C)ccc2C)c1. The molecule has 2 aromatic rings. The van der Waals surface area contributed by atoms with Crippen molar-refractivity contribution in [3.8, 4) is 0 Å². The molecule has 0 radical (unpaired) electrons. The Morgan fingerprint density at radius 2 is 1.90 bits per heavy atom. The van der Waals surface area contributed by atoms with Crippen LogP contribution in [0.1, 0.15) is 23.6 Å². The Hall–Kier alpha value is -2.36. The first-order valence-corrected chi connectivity index (χ1v) is 6.83. The average molecular weight is 286 g/mol. The number of carbonyl (C=O) groups excluding carboxylic acids is 1. The lowest BCUT2D eigenvalue weighted by molar-refractivity contribution is -0.114. The molecule has 4 heteroatoms. The van der Waals surface area contributed by atoms with Crippen molar-refractivity contribution < 1.29 is 9.18 Å². The van der Waals surface area contributed by atoms with Crippen molar-refractivity contribution in [3.63, 3.8) is 0 Å². The molecule has 1 amide bonds. The van der Waals surface area contributed by atoms with Gasteiger partial charge in [-0.05, 0) is 43.2 Å². The van der Waals surface area contributed by atoms with Gasteiger partial charge in [-0.2, -0.15) is 0 Å². The molecule has 21 heavy (non-hydrogen) atoms. The Morgan fingerprint density at radius 3 is 2.62 bits per heavy atom. The van der Waals surface area contributed by atoms with Crippen LogP contribution in [0.2, 0.25) is 0 Å². The summed E-state index contributed by atoms with van der Waals surface area (Å²) in [5.41, 5.74) is 4.41.